The van der Waals surface area contributed by atoms with Crippen LogP contribution in [0.5, 0.6) is 0 Å². The van der Waals surface area contributed by atoms with Gasteiger partial charge in [-0.05, 0) is 48.6 Å². The molecule has 1 saturated carbocycles. The molecule has 1 atom stereocenters. The molecule has 2 aromatic carbocycles. The number of carbonyl (C=O) groups is 3. The summed E-state index contributed by atoms with van der Waals surface area (Å²) in [5, 5.41) is 11.4. The molecule has 7 heteroatoms. The van der Waals surface area contributed by atoms with Crippen molar-refractivity contribution in [2.75, 3.05) is 10.6 Å². The lowest BCUT2D eigenvalue weighted by molar-refractivity contribution is -0.124. The largest absolute Gasteiger partial charge is 0.350 e. The van der Waals surface area contributed by atoms with Crippen LogP contribution < -0.4 is 21.3 Å². The minimum Gasteiger partial charge on any atom is -0.350 e. The lowest BCUT2D eigenvalue weighted by Gasteiger charge is -2.22. The second kappa shape index (κ2) is 11.3. The van der Waals surface area contributed by atoms with Gasteiger partial charge in [-0.1, -0.05) is 57.0 Å². The summed E-state index contributed by atoms with van der Waals surface area (Å²) in [5.74, 6) is -0.187. The van der Waals surface area contributed by atoms with E-state index in [1.54, 1.807) is 12.1 Å². The predicted octanol–water partition coefficient (Wildman–Crippen LogP) is 4.28. The van der Waals surface area contributed by atoms with E-state index < -0.39 is 12.1 Å². The van der Waals surface area contributed by atoms with Crippen molar-refractivity contribution in [3.63, 3.8) is 0 Å². The second-order valence-electron chi connectivity index (χ2n) is 8.57. The molecule has 1 fully saturated rings. The Balaban J connectivity index is 1.53. The fourth-order valence-electron chi connectivity index (χ4n) is 3.86. The fourth-order valence-corrected chi connectivity index (χ4v) is 3.86. The number of amides is 4. The standard InChI is InChI=1S/C25H32N4O3/c1-17(2)22(29-25(32)28-20-12-4-3-5-13-20)24(31)26-16-18-9-8-14-21(15-18)27-23(30)19-10-6-7-11-19/h3-5,8-9,12-15,17,19,22H,6-7,10-11,16H2,1-2H3,(H,26,31)(H,27,30)(H2,28,29,32). The van der Waals surface area contributed by atoms with Gasteiger partial charge in [0.15, 0.2) is 0 Å². The first-order valence-corrected chi connectivity index (χ1v) is 11.2. The highest BCUT2D eigenvalue weighted by molar-refractivity contribution is 5.94. The van der Waals surface area contributed by atoms with E-state index in [1.165, 1.54) is 0 Å². The van der Waals surface area contributed by atoms with Gasteiger partial charge in [0.1, 0.15) is 6.04 Å². The lowest BCUT2D eigenvalue weighted by Crippen LogP contribution is -2.50. The van der Waals surface area contributed by atoms with Crippen molar-refractivity contribution in [1.82, 2.24) is 10.6 Å². The Morgan fingerprint density at radius 1 is 0.906 bits per heavy atom. The molecule has 0 spiro atoms. The van der Waals surface area contributed by atoms with Crippen LogP contribution in [-0.2, 0) is 16.1 Å². The number of para-hydroxylation sites is 1. The first-order chi connectivity index (χ1) is 15.4. The summed E-state index contributed by atoms with van der Waals surface area (Å²) < 4.78 is 0. The van der Waals surface area contributed by atoms with E-state index in [-0.39, 0.29) is 23.7 Å². The van der Waals surface area contributed by atoms with Crippen molar-refractivity contribution in [3.8, 4) is 0 Å². The molecule has 170 valence electrons. The number of urea groups is 1. The Bertz CT molecular complexity index is 924. The zero-order chi connectivity index (χ0) is 22.9. The van der Waals surface area contributed by atoms with Crippen molar-refractivity contribution >= 4 is 29.2 Å². The molecule has 3 rings (SSSR count). The number of rotatable bonds is 8. The minimum atomic E-state index is -0.677. The molecule has 4 N–H and O–H groups in total. The number of anilines is 2. The van der Waals surface area contributed by atoms with E-state index >= 15 is 0 Å². The van der Waals surface area contributed by atoms with Gasteiger partial charge in [0.25, 0.3) is 0 Å². The number of nitrogens with one attached hydrogen (secondary N) is 4. The summed E-state index contributed by atoms with van der Waals surface area (Å²) in [6.45, 7) is 4.07. The van der Waals surface area contributed by atoms with Gasteiger partial charge >= 0.3 is 6.03 Å². The summed E-state index contributed by atoms with van der Waals surface area (Å²) in [6.07, 6.45) is 4.11. The summed E-state index contributed by atoms with van der Waals surface area (Å²) in [5.41, 5.74) is 2.26. The van der Waals surface area contributed by atoms with Crippen LogP contribution in [0.2, 0.25) is 0 Å². The van der Waals surface area contributed by atoms with Crippen LogP contribution in [-0.4, -0.2) is 23.9 Å². The molecule has 0 saturated heterocycles. The van der Waals surface area contributed by atoms with E-state index in [2.05, 4.69) is 21.3 Å². The zero-order valence-corrected chi connectivity index (χ0v) is 18.7. The first kappa shape index (κ1) is 23.3. The molecule has 1 aliphatic rings. The Kier molecular flexibility index (Phi) is 8.25. The van der Waals surface area contributed by atoms with Gasteiger partial charge in [0, 0.05) is 23.8 Å². The van der Waals surface area contributed by atoms with Crippen LogP contribution in [0.1, 0.15) is 45.1 Å². The average Bonchev–Trinajstić information content (AvgIpc) is 3.32. The maximum Gasteiger partial charge on any atom is 0.319 e. The molecule has 0 radical (unpaired) electrons. The van der Waals surface area contributed by atoms with Crippen LogP contribution in [0.25, 0.3) is 0 Å². The smallest absolute Gasteiger partial charge is 0.319 e. The Morgan fingerprint density at radius 2 is 1.59 bits per heavy atom. The van der Waals surface area contributed by atoms with Crippen LogP contribution in [0, 0.1) is 11.8 Å². The Labute approximate surface area is 189 Å². The number of carbonyl (C=O) groups excluding carboxylic acids is 3. The highest BCUT2D eigenvalue weighted by Crippen LogP contribution is 2.26. The molecular formula is C25H32N4O3. The molecule has 0 heterocycles. The van der Waals surface area contributed by atoms with Gasteiger partial charge in [0.05, 0.1) is 0 Å². The van der Waals surface area contributed by atoms with Crippen molar-refractivity contribution in [2.45, 2.75) is 52.1 Å². The van der Waals surface area contributed by atoms with Crippen LogP contribution >= 0.6 is 0 Å². The van der Waals surface area contributed by atoms with E-state index in [0.717, 1.165) is 36.9 Å². The SMILES string of the molecule is CC(C)C(NC(=O)Nc1ccccc1)C(=O)NCc1cccc(NC(=O)C2CCCC2)c1. The zero-order valence-electron chi connectivity index (χ0n) is 18.7. The molecule has 0 bridgehead atoms. The molecule has 0 aromatic heterocycles. The van der Waals surface area contributed by atoms with E-state index in [0.29, 0.717) is 12.2 Å². The highest BCUT2D eigenvalue weighted by atomic mass is 16.2. The summed E-state index contributed by atoms with van der Waals surface area (Å²) in [6, 6.07) is 15.4. The van der Waals surface area contributed by atoms with Gasteiger partial charge in [0.2, 0.25) is 11.8 Å². The van der Waals surface area contributed by atoms with Gasteiger partial charge in [-0.2, -0.15) is 0 Å². The average molecular weight is 437 g/mol. The number of hydrogen-bond donors (Lipinski definition) is 4. The number of hydrogen-bond acceptors (Lipinski definition) is 3. The molecule has 1 aliphatic carbocycles. The van der Waals surface area contributed by atoms with Crippen LogP contribution in [0.3, 0.4) is 0 Å². The summed E-state index contributed by atoms with van der Waals surface area (Å²) >= 11 is 0. The molecule has 1 unspecified atom stereocenters. The monoisotopic (exact) mass is 436 g/mol. The van der Waals surface area contributed by atoms with E-state index in [9.17, 15) is 14.4 Å². The van der Waals surface area contributed by atoms with Crippen molar-refractivity contribution in [1.29, 1.82) is 0 Å². The van der Waals surface area contributed by atoms with Crippen molar-refractivity contribution < 1.29 is 14.4 Å². The van der Waals surface area contributed by atoms with Gasteiger partial charge in [-0.3, -0.25) is 9.59 Å². The van der Waals surface area contributed by atoms with E-state index in [1.807, 2.05) is 56.3 Å². The Hall–Kier alpha value is -3.35. The summed E-state index contributed by atoms with van der Waals surface area (Å²) in [7, 11) is 0. The third kappa shape index (κ3) is 6.83. The molecular weight excluding hydrogens is 404 g/mol. The number of benzene rings is 2. The topological polar surface area (TPSA) is 99.3 Å². The first-order valence-electron chi connectivity index (χ1n) is 11.2. The lowest BCUT2D eigenvalue weighted by atomic mass is 10.0. The molecule has 0 aliphatic heterocycles. The van der Waals surface area contributed by atoms with Gasteiger partial charge in [-0.15, -0.1) is 0 Å². The summed E-state index contributed by atoms with van der Waals surface area (Å²) in [4.78, 5) is 37.4. The minimum absolute atomic E-state index is 0.0668. The maximum atomic E-state index is 12.8. The van der Waals surface area contributed by atoms with Crippen LogP contribution in [0.4, 0.5) is 16.2 Å². The Morgan fingerprint density at radius 3 is 2.28 bits per heavy atom. The van der Waals surface area contributed by atoms with Gasteiger partial charge < -0.3 is 21.3 Å². The van der Waals surface area contributed by atoms with Gasteiger partial charge in [-0.25, -0.2) is 4.79 Å². The third-order valence-electron chi connectivity index (χ3n) is 5.65. The quantitative estimate of drug-likeness (QED) is 0.497. The van der Waals surface area contributed by atoms with Crippen LogP contribution in [0.15, 0.2) is 54.6 Å². The van der Waals surface area contributed by atoms with E-state index in [4.69, 9.17) is 0 Å². The van der Waals surface area contributed by atoms with Crippen molar-refractivity contribution in [2.24, 2.45) is 11.8 Å². The normalized spacial score (nSPS) is 14.6. The fraction of sp³-hybridized carbons (Fsp3) is 0.400. The molecule has 32 heavy (non-hydrogen) atoms. The third-order valence-corrected chi connectivity index (χ3v) is 5.65. The van der Waals surface area contributed by atoms with Crippen molar-refractivity contribution in [3.05, 3.63) is 60.2 Å². The second-order valence-corrected chi connectivity index (χ2v) is 8.57. The maximum absolute atomic E-state index is 12.8. The predicted molar refractivity (Wildman–Crippen MR) is 126 cm³/mol. The molecule has 7 nitrogen and oxygen atoms in total. The molecule has 4 amide bonds. The molecule has 2 aromatic rings. The highest BCUT2D eigenvalue weighted by Gasteiger charge is 2.24.